The summed E-state index contributed by atoms with van der Waals surface area (Å²) in [6.45, 7) is 4.79. The van der Waals surface area contributed by atoms with Crippen LogP contribution in [0.15, 0.2) is 78.9 Å². The lowest BCUT2D eigenvalue weighted by molar-refractivity contribution is -0.175. The summed E-state index contributed by atoms with van der Waals surface area (Å²) in [5.41, 5.74) is -1.57. The van der Waals surface area contributed by atoms with Crippen LogP contribution in [0.2, 0.25) is 0 Å². The smallest absolute Gasteiger partial charge is 0.338 e. The van der Waals surface area contributed by atoms with Gasteiger partial charge in [0.1, 0.15) is 30.7 Å². The number of benzene rings is 3. The van der Waals surface area contributed by atoms with Crippen molar-refractivity contribution in [2.75, 3.05) is 26.2 Å². The van der Waals surface area contributed by atoms with Gasteiger partial charge in [0.05, 0.1) is 10.3 Å². The first-order valence-electron chi connectivity index (χ1n) is 19.4. The minimum atomic E-state index is -2.25. The van der Waals surface area contributed by atoms with E-state index in [2.05, 4.69) is 16.0 Å². The van der Waals surface area contributed by atoms with Gasteiger partial charge in [-0.3, -0.25) is 38.5 Å². The first kappa shape index (κ1) is 45.2. The minimum absolute atomic E-state index is 0.0625. The SMILES string of the molecule is CCN1CCN(C(=O)NC(C(=O)NC2(NC=O)C(=O)N3C(C(=O)OCc4ccccc4)C(C)(COC(=O)c4ccc(OC(C)=O)c(OC(C)=O)c4)SC32)c2ccccc2)C(=O)C1=O. The molecule has 5 unspecified atom stereocenters. The van der Waals surface area contributed by atoms with Crippen LogP contribution in [0.5, 0.6) is 11.5 Å². The number of hydrogen-bond acceptors (Lipinski definition) is 15. The topological polar surface area (TPSA) is 253 Å². The van der Waals surface area contributed by atoms with Crippen molar-refractivity contribution in [3.05, 3.63) is 95.6 Å². The molecule has 6 rings (SSSR count). The Labute approximate surface area is 363 Å². The number of thioether (sulfide) groups is 1. The number of rotatable bonds is 15. The number of nitrogens with zero attached hydrogens (tertiary/aromatic N) is 3. The van der Waals surface area contributed by atoms with Crippen molar-refractivity contribution in [2.24, 2.45) is 0 Å². The van der Waals surface area contributed by atoms with Crippen molar-refractivity contribution < 1.29 is 66.9 Å². The van der Waals surface area contributed by atoms with Gasteiger partial charge in [-0.05, 0) is 43.2 Å². The van der Waals surface area contributed by atoms with Gasteiger partial charge < -0.3 is 44.7 Å². The fourth-order valence-corrected chi connectivity index (χ4v) is 8.93. The highest BCUT2D eigenvalue weighted by Crippen LogP contribution is 2.55. The van der Waals surface area contributed by atoms with Gasteiger partial charge >= 0.3 is 41.7 Å². The van der Waals surface area contributed by atoms with Gasteiger partial charge in [-0.2, -0.15) is 0 Å². The zero-order chi connectivity index (χ0) is 45.6. The van der Waals surface area contributed by atoms with Gasteiger partial charge in [-0.15, -0.1) is 11.8 Å². The molecule has 3 aromatic rings. The summed E-state index contributed by atoms with van der Waals surface area (Å²) in [5.74, 6) is -7.77. The summed E-state index contributed by atoms with van der Waals surface area (Å²) in [7, 11) is 0. The lowest BCUT2D eigenvalue weighted by Gasteiger charge is -2.52. The Bertz CT molecular complexity index is 2350. The number of nitrogens with one attached hydrogen (secondary N) is 3. The Morgan fingerprint density at radius 2 is 1.51 bits per heavy atom. The lowest BCUT2D eigenvalue weighted by atomic mass is 9.90. The zero-order valence-electron chi connectivity index (χ0n) is 34.3. The van der Waals surface area contributed by atoms with E-state index in [9.17, 15) is 47.9 Å². The summed E-state index contributed by atoms with van der Waals surface area (Å²) in [6.07, 6.45) is 0.169. The van der Waals surface area contributed by atoms with Gasteiger partial charge in [0, 0.05) is 33.5 Å². The van der Waals surface area contributed by atoms with E-state index >= 15 is 0 Å². The molecular formula is C42H42N6O14S. The monoisotopic (exact) mass is 886 g/mol. The number of carbonyl (C=O) groups excluding carboxylic acids is 10. The molecule has 3 N–H and O–H groups in total. The van der Waals surface area contributed by atoms with Crippen LogP contribution in [0, 0.1) is 0 Å². The number of hydrogen-bond donors (Lipinski definition) is 3. The van der Waals surface area contributed by atoms with E-state index in [1.807, 2.05) is 0 Å². The number of imide groups is 1. The van der Waals surface area contributed by atoms with Crippen molar-refractivity contribution in [3.63, 3.8) is 0 Å². The van der Waals surface area contributed by atoms with Crippen LogP contribution in [-0.2, 0) is 54.4 Å². The summed E-state index contributed by atoms with van der Waals surface area (Å²) in [4.78, 5) is 134. The molecule has 3 fully saturated rings. The lowest BCUT2D eigenvalue weighted by Crippen LogP contribution is -2.85. The van der Waals surface area contributed by atoms with Crippen molar-refractivity contribution >= 4 is 71.7 Å². The molecule has 7 amide bonds. The first-order valence-corrected chi connectivity index (χ1v) is 20.3. The van der Waals surface area contributed by atoms with Crippen LogP contribution in [-0.4, -0.2) is 123 Å². The van der Waals surface area contributed by atoms with Crippen LogP contribution in [0.3, 0.4) is 0 Å². The second-order valence-electron chi connectivity index (χ2n) is 14.6. The minimum Gasteiger partial charge on any atom is -0.461 e. The quantitative estimate of drug-likeness (QED) is 0.0484. The number of likely N-dealkylation sites (N-methyl/N-ethyl adjacent to an activating group) is 1. The maximum Gasteiger partial charge on any atom is 0.338 e. The van der Waals surface area contributed by atoms with Gasteiger partial charge in [0.2, 0.25) is 18.0 Å². The number of urea groups is 1. The molecule has 0 radical (unpaired) electrons. The number of β-lactam (4-membered cyclic amide) rings is 1. The van der Waals surface area contributed by atoms with Crippen LogP contribution in [0.4, 0.5) is 4.79 Å². The fraction of sp³-hybridized carbons (Fsp3) is 0.333. The zero-order valence-corrected chi connectivity index (χ0v) is 35.1. The van der Waals surface area contributed by atoms with E-state index in [4.69, 9.17) is 18.9 Å². The molecule has 0 bridgehead atoms. The van der Waals surface area contributed by atoms with Gasteiger partial charge in [-0.25, -0.2) is 14.4 Å². The molecule has 0 aliphatic carbocycles. The van der Waals surface area contributed by atoms with Crippen molar-refractivity contribution in [2.45, 2.75) is 62.2 Å². The normalized spacial score (nSPS) is 21.8. The van der Waals surface area contributed by atoms with Crippen molar-refractivity contribution in [3.8, 4) is 11.5 Å². The summed E-state index contributed by atoms with van der Waals surface area (Å²) in [6, 6.07) is 15.9. The van der Waals surface area contributed by atoms with E-state index in [1.54, 1.807) is 55.5 Å². The highest BCUT2D eigenvalue weighted by Gasteiger charge is 2.74. The third-order valence-corrected chi connectivity index (χ3v) is 11.9. The Hall–Kier alpha value is -7.29. The molecule has 3 aromatic carbocycles. The molecule has 0 aromatic heterocycles. The molecule has 3 aliphatic heterocycles. The van der Waals surface area contributed by atoms with E-state index in [0.717, 1.165) is 36.6 Å². The molecule has 0 spiro atoms. The third kappa shape index (κ3) is 9.32. The van der Waals surface area contributed by atoms with Crippen molar-refractivity contribution in [1.82, 2.24) is 30.7 Å². The van der Waals surface area contributed by atoms with Gasteiger partial charge in [0.25, 0.3) is 5.91 Å². The molecule has 330 valence electrons. The summed E-state index contributed by atoms with van der Waals surface area (Å²) >= 11 is 0.900. The van der Waals surface area contributed by atoms with Crippen molar-refractivity contribution in [1.29, 1.82) is 0 Å². The predicted octanol–water partition coefficient (Wildman–Crippen LogP) is 1.18. The summed E-state index contributed by atoms with van der Waals surface area (Å²) < 4.78 is 20.0. The van der Waals surface area contributed by atoms with Crippen LogP contribution < -0.4 is 25.4 Å². The molecule has 3 saturated heterocycles. The van der Waals surface area contributed by atoms with Crippen LogP contribution >= 0.6 is 11.8 Å². The van der Waals surface area contributed by atoms with E-state index in [0.29, 0.717) is 10.5 Å². The molecule has 5 atom stereocenters. The highest BCUT2D eigenvalue weighted by atomic mass is 32.2. The predicted molar refractivity (Wildman–Crippen MR) is 218 cm³/mol. The molecule has 20 nitrogen and oxygen atoms in total. The molecule has 0 saturated carbocycles. The Morgan fingerprint density at radius 1 is 0.857 bits per heavy atom. The fourth-order valence-electron chi connectivity index (χ4n) is 7.22. The number of fused-ring (bicyclic) bond motifs is 1. The Morgan fingerprint density at radius 3 is 2.14 bits per heavy atom. The van der Waals surface area contributed by atoms with Crippen LogP contribution in [0.1, 0.15) is 55.2 Å². The maximum absolute atomic E-state index is 14.4. The number of piperazine rings is 1. The number of ether oxygens (including phenoxy) is 4. The second kappa shape index (κ2) is 18.8. The molecule has 3 aliphatic rings. The van der Waals surface area contributed by atoms with Gasteiger partial charge in [-0.1, -0.05) is 60.7 Å². The summed E-state index contributed by atoms with van der Waals surface area (Å²) in [5, 5.41) is 6.18. The van der Waals surface area contributed by atoms with E-state index in [1.165, 1.54) is 36.1 Å². The highest BCUT2D eigenvalue weighted by molar-refractivity contribution is 8.01. The maximum atomic E-state index is 14.4. The average Bonchev–Trinajstić information content (AvgIpc) is 3.56. The van der Waals surface area contributed by atoms with E-state index < -0.39 is 88.0 Å². The Balaban J connectivity index is 1.28. The molecule has 21 heteroatoms. The Kier molecular flexibility index (Phi) is 13.5. The second-order valence-corrected chi connectivity index (χ2v) is 16.2. The average molecular weight is 887 g/mol. The number of amides is 7. The number of carbonyl (C=O) groups is 10. The van der Waals surface area contributed by atoms with E-state index in [-0.39, 0.29) is 55.3 Å². The molecule has 63 heavy (non-hydrogen) atoms. The third-order valence-electron chi connectivity index (χ3n) is 10.3. The standard InChI is InChI=1S/C42H42N6O14S/c1-5-46-18-19-47(35(54)34(46)53)40(58)44-31(27-14-10-7-11-15-27)33(52)45-42(43-23-49)38(57)48-32(37(56)59-21-26-12-8-6-9-13-26)41(4,63-39(42)48)22-60-36(55)28-16-17-29(61-24(2)50)30(20-28)62-25(3)51/h6-17,20,23,31-32,39H,5,18-19,21-22H2,1-4H3,(H,43,49)(H,44,58)(H,45,52). The van der Waals surface area contributed by atoms with Crippen LogP contribution in [0.25, 0.3) is 0 Å². The molecular weight excluding hydrogens is 845 g/mol. The first-order chi connectivity index (χ1) is 30.0. The van der Waals surface area contributed by atoms with Gasteiger partial charge in [0.15, 0.2) is 11.5 Å². The largest absolute Gasteiger partial charge is 0.461 e. The molecule has 3 heterocycles. The number of esters is 4.